The minimum absolute atomic E-state index is 0.611. The van der Waals surface area contributed by atoms with E-state index in [2.05, 4.69) is 131 Å². The molecule has 0 radical (unpaired) electrons. The number of aromatic nitrogens is 4. The van der Waals surface area contributed by atoms with Crippen molar-refractivity contribution >= 4 is 43.8 Å². The third-order valence-corrected chi connectivity index (χ3v) is 8.27. The third-order valence-electron chi connectivity index (χ3n) is 8.27. The molecule has 0 saturated carbocycles. The van der Waals surface area contributed by atoms with Gasteiger partial charge in [0.15, 0.2) is 5.58 Å². The summed E-state index contributed by atoms with van der Waals surface area (Å²) in [7, 11) is 0. The summed E-state index contributed by atoms with van der Waals surface area (Å²) in [5, 5.41) is 3.47. The van der Waals surface area contributed by atoms with E-state index < -0.39 is 0 Å². The van der Waals surface area contributed by atoms with E-state index in [1.165, 1.54) is 0 Å². The van der Waals surface area contributed by atoms with Crippen LogP contribution in [0.1, 0.15) is 0 Å². The number of furan rings is 1. The van der Waals surface area contributed by atoms with E-state index in [1.807, 2.05) is 18.2 Å². The van der Waals surface area contributed by atoms with E-state index >= 15 is 0 Å². The Hall–Kier alpha value is -5.94. The van der Waals surface area contributed by atoms with E-state index in [0.717, 1.165) is 66.3 Å². The molecule has 0 atom stereocenters. The molecule has 0 amide bonds. The summed E-state index contributed by atoms with van der Waals surface area (Å²) < 4.78 is 10.4. The van der Waals surface area contributed by atoms with E-state index in [9.17, 15) is 0 Å². The van der Waals surface area contributed by atoms with Crippen molar-refractivity contribution in [3.63, 3.8) is 0 Å². The Bertz CT molecular complexity index is 2450. The predicted octanol–water partition coefficient (Wildman–Crippen LogP) is 9.60. The lowest BCUT2D eigenvalue weighted by molar-refractivity contribution is 0.614. The Morgan fingerprint density at radius 3 is 2.19 bits per heavy atom. The fourth-order valence-corrected chi connectivity index (χ4v) is 6.32. The van der Waals surface area contributed by atoms with E-state index in [-0.39, 0.29) is 0 Å². The first-order valence-corrected chi connectivity index (χ1v) is 14.3. The normalized spacial score (nSPS) is 11.7. The zero-order valence-corrected chi connectivity index (χ0v) is 23.1. The second-order valence-corrected chi connectivity index (χ2v) is 10.7. The van der Waals surface area contributed by atoms with Crippen LogP contribution >= 0.6 is 0 Å². The minimum atomic E-state index is 0.611. The highest BCUT2D eigenvalue weighted by molar-refractivity contribution is 6.18. The molecule has 0 aliphatic rings. The molecule has 4 heterocycles. The molecule has 43 heavy (non-hydrogen) atoms. The number of para-hydroxylation sites is 2. The average Bonchev–Trinajstić information content (AvgIpc) is 3.81. The lowest BCUT2D eigenvalue weighted by atomic mass is 10.0. The van der Waals surface area contributed by atoms with Crippen molar-refractivity contribution in [1.82, 2.24) is 19.1 Å². The summed E-state index contributed by atoms with van der Waals surface area (Å²) in [5.74, 6) is 0.611. The Kier molecular flexibility index (Phi) is 5.13. The lowest BCUT2D eigenvalue weighted by Gasteiger charge is -2.11. The molecule has 202 valence electrons. The number of hydrogen-bond acceptors (Lipinski definition) is 3. The first kappa shape index (κ1) is 23.7. The summed E-state index contributed by atoms with van der Waals surface area (Å²) in [6, 6.07) is 46.3. The Labute approximate surface area is 246 Å². The Morgan fingerprint density at radius 2 is 1.30 bits per heavy atom. The summed E-state index contributed by atoms with van der Waals surface area (Å²) in [4.78, 5) is 10.3. The molecule has 0 fully saturated rings. The van der Waals surface area contributed by atoms with E-state index in [4.69, 9.17) is 14.4 Å². The topological polar surface area (TPSA) is 48.8 Å². The number of rotatable bonds is 4. The highest BCUT2D eigenvalue weighted by atomic mass is 16.3. The van der Waals surface area contributed by atoms with Crippen molar-refractivity contribution in [2.45, 2.75) is 0 Å². The van der Waals surface area contributed by atoms with Crippen molar-refractivity contribution < 1.29 is 4.42 Å². The van der Waals surface area contributed by atoms with Crippen LogP contribution in [0.5, 0.6) is 0 Å². The van der Waals surface area contributed by atoms with Crippen LogP contribution in [0.3, 0.4) is 0 Å². The molecule has 0 aliphatic carbocycles. The van der Waals surface area contributed by atoms with Crippen LogP contribution in [0.25, 0.3) is 77.8 Å². The van der Waals surface area contributed by atoms with Gasteiger partial charge in [-0.15, -0.1) is 0 Å². The molecule has 0 aliphatic heterocycles. The number of hydrogen-bond donors (Lipinski definition) is 0. The molecule has 9 aromatic rings. The van der Waals surface area contributed by atoms with Crippen LogP contribution in [-0.2, 0) is 0 Å². The Balaban J connectivity index is 1.33. The number of fused-ring (bicyclic) bond motifs is 6. The van der Waals surface area contributed by atoms with Crippen LogP contribution in [0.2, 0.25) is 0 Å². The zero-order chi connectivity index (χ0) is 28.3. The fourth-order valence-electron chi connectivity index (χ4n) is 6.32. The van der Waals surface area contributed by atoms with Gasteiger partial charge in [-0.1, -0.05) is 91.0 Å². The maximum Gasteiger partial charge on any atom is 0.236 e. The second-order valence-electron chi connectivity index (χ2n) is 10.7. The predicted molar refractivity (Wildman–Crippen MR) is 174 cm³/mol. The minimum Gasteiger partial charge on any atom is -0.460 e. The smallest absolute Gasteiger partial charge is 0.236 e. The fraction of sp³-hybridized carbons (Fsp3) is 0. The second kappa shape index (κ2) is 9.29. The molecule has 5 aromatic carbocycles. The van der Waals surface area contributed by atoms with Crippen LogP contribution < -0.4 is 0 Å². The number of benzene rings is 5. The molecule has 9 rings (SSSR count). The maximum absolute atomic E-state index is 5.98. The SMILES string of the molecule is c1ccc(-c2cccc(-c3nc(-n4c5ccccc5c5ccc6c(ccn6-c6ccccc6)c54)nc4ccoc34)c2)cc1. The van der Waals surface area contributed by atoms with Gasteiger partial charge in [-0.3, -0.25) is 4.57 Å². The standard InChI is InChI=1S/C38H24N4O/c1-3-10-25(11-4-1)26-12-9-13-27(24-26)35-37-32(21-23-43-37)39-38(40-35)42-34-17-8-7-16-29(34)30-18-19-33-31(36(30)42)20-22-41(33)28-14-5-2-6-15-28/h1-24H. The molecule has 0 bridgehead atoms. The summed E-state index contributed by atoms with van der Waals surface area (Å²) in [6.07, 6.45) is 3.83. The van der Waals surface area contributed by atoms with Crippen LogP contribution in [0.15, 0.2) is 150 Å². The monoisotopic (exact) mass is 552 g/mol. The lowest BCUT2D eigenvalue weighted by Crippen LogP contribution is -2.03. The van der Waals surface area contributed by atoms with Crippen molar-refractivity contribution in [1.29, 1.82) is 0 Å². The van der Waals surface area contributed by atoms with Gasteiger partial charge in [-0.05, 0) is 47.5 Å². The van der Waals surface area contributed by atoms with Crippen molar-refractivity contribution in [2.75, 3.05) is 0 Å². The van der Waals surface area contributed by atoms with Gasteiger partial charge in [0.2, 0.25) is 5.95 Å². The van der Waals surface area contributed by atoms with Crippen LogP contribution in [0.4, 0.5) is 0 Å². The first-order valence-electron chi connectivity index (χ1n) is 14.3. The average molecular weight is 553 g/mol. The molecule has 5 heteroatoms. The molecule has 0 spiro atoms. The van der Waals surface area contributed by atoms with Crippen molar-refractivity contribution in [3.8, 4) is 34.0 Å². The number of nitrogens with zero attached hydrogens (tertiary/aromatic N) is 4. The van der Waals surface area contributed by atoms with Gasteiger partial charge in [0.1, 0.15) is 11.2 Å². The highest BCUT2D eigenvalue weighted by Crippen LogP contribution is 2.38. The molecule has 0 N–H and O–H groups in total. The van der Waals surface area contributed by atoms with Gasteiger partial charge in [-0.25, -0.2) is 9.97 Å². The van der Waals surface area contributed by atoms with Crippen molar-refractivity contribution in [3.05, 3.63) is 146 Å². The van der Waals surface area contributed by atoms with Crippen LogP contribution in [0, 0.1) is 0 Å². The third kappa shape index (κ3) is 3.65. The van der Waals surface area contributed by atoms with Gasteiger partial charge >= 0.3 is 0 Å². The van der Waals surface area contributed by atoms with Crippen molar-refractivity contribution in [2.24, 2.45) is 0 Å². The summed E-state index contributed by atoms with van der Waals surface area (Å²) >= 11 is 0. The summed E-state index contributed by atoms with van der Waals surface area (Å²) in [5.41, 5.74) is 9.86. The van der Waals surface area contributed by atoms with Gasteiger partial charge in [-0.2, -0.15) is 0 Å². The molecule has 5 nitrogen and oxygen atoms in total. The van der Waals surface area contributed by atoms with Gasteiger partial charge in [0, 0.05) is 39.7 Å². The molecule has 0 saturated heterocycles. The zero-order valence-electron chi connectivity index (χ0n) is 23.1. The highest BCUT2D eigenvalue weighted by Gasteiger charge is 2.21. The largest absolute Gasteiger partial charge is 0.460 e. The summed E-state index contributed by atoms with van der Waals surface area (Å²) in [6.45, 7) is 0. The van der Waals surface area contributed by atoms with Gasteiger partial charge in [0.05, 0.1) is 22.8 Å². The first-order chi connectivity index (χ1) is 21.3. The molecule has 4 aromatic heterocycles. The molecule has 0 unspecified atom stereocenters. The van der Waals surface area contributed by atoms with Gasteiger partial charge in [0.25, 0.3) is 0 Å². The molecular formula is C38H24N4O. The maximum atomic E-state index is 5.98. The van der Waals surface area contributed by atoms with E-state index in [1.54, 1.807) is 6.26 Å². The molecular weight excluding hydrogens is 528 g/mol. The van der Waals surface area contributed by atoms with Gasteiger partial charge < -0.3 is 8.98 Å². The van der Waals surface area contributed by atoms with Crippen LogP contribution in [-0.4, -0.2) is 19.1 Å². The van der Waals surface area contributed by atoms with E-state index in [0.29, 0.717) is 11.5 Å². The quantitative estimate of drug-likeness (QED) is 0.218. The Morgan fingerprint density at radius 1 is 0.535 bits per heavy atom.